The molecular weight excluding hydrogens is 362 g/mol. The molecule has 1 spiro atoms. The highest BCUT2D eigenvalue weighted by Gasteiger charge is 2.58. The van der Waals surface area contributed by atoms with Crippen molar-refractivity contribution in [2.75, 3.05) is 24.6 Å². The Hall–Kier alpha value is -0.180. The summed E-state index contributed by atoms with van der Waals surface area (Å²) in [6.07, 6.45) is 4.95. The molecule has 0 amide bonds. The van der Waals surface area contributed by atoms with E-state index in [1.807, 2.05) is 13.8 Å². The van der Waals surface area contributed by atoms with Crippen LogP contribution in [-0.4, -0.2) is 62.2 Å². The van der Waals surface area contributed by atoms with Gasteiger partial charge in [0.05, 0.1) is 28.0 Å². The number of sulfone groups is 1. The summed E-state index contributed by atoms with van der Waals surface area (Å²) >= 11 is 0. The van der Waals surface area contributed by atoms with Crippen LogP contribution in [0.4, 0.5) is 0 Å². The molecule has 2 aliphatic carbocycles. The zero-order valence-electron chi connectivity index (χ0n) is 15.1. The SMILES string of the molecule is CC1(C)CN(S(=O)(=O)C2CCS(=O)(=O)CC2)C[C@]2(C[C@@H]3CC[C@H]2C3)O1. The minimum atomic E-state index is -3.50. The molecule has 0 N–H and O–H groups in total. The van der Waals surface area contributed by atoms with Crippen LogP contribution in [0.25, 0.3) is 0 Å². The number of sulfonamides is 1. The van der Waals surface area contributed by atoms with E-state index in [-0.39, 0.29) is 29.9 Å². The van der Waals surface area contributed by atoms with E-state index < -0.39 is 30.7 Å². The lowest BCUT2D eigenvalue weighted by atomic mass is 9.81. The second-order valence-corrected chi connectivity index (χ2v) is 13.7. The van der Waals surface area contributed by atoms with E-state index in [0.717, 1.165) is 19.3 Å². The number of hydrogen-bond donors (Lipinski definition) is 0. The maximum Gasteiger partial charge on any atom is 0.217 e. The Kier molecular flexibility index (Phi) is 4.12. The lowest BCUT2D eigenvalue weighted by molar-refractivity contribution is -0.203. The first-order valence-corrected chi connectivity index (χ1v) is 12.7. The first-order chi connectivity index (χ1) is 11.5. The molecule has 0 aromatic carbocycles. The summed E-state index contributed by atoms with van der Waals surface area (Å²) in [4.78, 5) is 0. The monoisotopic (exact) mass is 391 g/mol. The number of morpholine rings is 1. The molecule has 6 nitrogen and oxygen atoms in total. The van der Waals surface area contributed by atoms with E-state index in [1.54, 1.807) is 4.31 Å². The normalized spacial score (nSPS) is 41.4. The smallest absolute Gasteiger partial charge is 0.217 e. The van der Waals surface area contributed by atoms with Crippen molar-refractivity contribution >= 4 is 19.9 Å². The lowest BCUT2D eigenvalue weighted by Crippen LogP contribution is -2.63. The molecule has 2 saturated carbocycles. The van der Waals surface area contributed by atoms with Crippen LogP contribution in [0.2, 0.25) is 0 Å². The molecule has 3 atom stereocenters. The Bertz CT molecular complexity index is 746. The van der Waals surface area contributed by atoms with Crippen molar-refractivity contribution in [2.45, 2.75) is 68.8 Å². The Morgan fingerprint density at radius 3 is 2.28 bits per heavy atom. The highest BCUT2D eigenvalue weighted by Crippen LogP contribution is 2.55. The number of fused-ring (bicyclic) bond motifs is 3. The van der Waals surface area contributed by atoms with Crippen molar-refractivity contribution in [1.29, 1.82) is 0 Å². The highest BCUT2D eigenvalue weighted by atomic mass is 32.2. The summed E-state index contributed by atoms with van der Waals surface area (Å²) in [5.41, 5.74) is -0.838. The zero-order chi connectivity index (χ0) is 18.1. The molecule has 2 bridgehead atoms. The number of rotatable bonds is 2. The Morgan fingerprint density at radius 2 is 1.72 bits per heavy atom. The van der Waals surface area contributed by atoms with Gasteiger partial charge >= 0.3 is 0 Å². The van der Waals surface area contributed by atoms with Crippen LogP contribution in [0.5, 0.6) is 0 Å². The van der Waals surface area contributed by atoms with Gasteiger partial charge in [0.15, 0.2) is 0 Å². The Morgan fingerprint density at radius 1 is 1.04 bits per heavy atom. The number of hydrogen-bond acceptors (Lipinski definition) is 5. The fourth-order valence-corrected chi connectivity index (χ4v) is 9.60. The molecule has 4 rings (SSSR count). The van der Waals surface area contributed by atoms with Crippen LogP contribution in [0, 0.1) is 11.8 Å². The Balaban J connectivity index is 1.59. The molecule has 4 fully saturated rings. The molecule has 144 valence electrons. The minimum Gasteiger partial charge on any atom is -0.366 e. The number of ether oxygens (including phenoxy) is 1. The van der Waals surface area contributed by atoms with E-state index in [1.165, 1.54) is 6.42 Å². The van der Waals surface area contributed by atoms with Gasteiger partial charge in [-0.05, 0) is 64.2 Å². The standard InChI is InChI=1S/C17H29NO5S2/c1-16(2)11-18(12-17(23-16)10-13-3-4-14(17)9-13)25(21,22)15-5-7-24(19,20)8-6-15/h13-15H,3-12H2,1-2H3/t13-,14+,17+/m1/s1. The predicted octanol–water partition coefficient (Wildman–Crippen LogP) is 1.56. The van der Waals surface area contributed by atoms with Crippen molar-refractivity contribution in [3.8, 4) is 0 Å². The van der Waals surface area contributed by atoms with Gasteiger partial charge in [-0.2, -0.15) is 4.31 Å². The van der Waals surface area contributed by atoms with Crippen molar-refractivity contribution in [3.05, 3.63) is 0 Å². The second-order valence-electron chi connectivity index (χ2n) is 9.17. The van der Waals surface area contributed by atoms with Crippen LogP contribution in [0.1, 0.15) is 52.4 Å². The molecule has 0 aromatic heterocycles. The second kappa shape index (κ2) is 5.66. The molecular formula is C17H29NO5S2. The van der Waals surface area contributed by atoms with Crippen molar-refractivity contribution in [2.24, 2.45) is 11.8 Å². The van der Waals surface area contributed by atoms with Crippen LogP contribution in [-0.2, 0) is 24.6 Å². The summed E-state index contributed by atoms with van der Waals surface area (Å²) in [6.45, 7) is 4.77. The summed E-state index contributed by atoms with van der Waals surface area (Å²) in [5.74, 6) is 1.10. The van der Waals surface area contributed by atoms with Crippen LogP contribution in [0.15, 0.2) is 0 Å². The maximum atomic E-state index is 13.3. The van der Waals surface area contributed by atoms with Crippen molar-refractivity contribution < 1.29 is 21.6 Å². The van der Waals surface area contributed by atoms with Crippen molar-refractivity contribution in [1.82, 2.24) is 4.31 Å². The van der Waals surface area contributed by atoms with Gasteiger partial charge < -0.3 is 4.74 Å². The number of nitrogens with zero attached hydrogens (tertiary/aromatic N) is 1. The van der Waals surface area contributed by atoms with E-state index >= 15 is 0 Å². The molecule has 25 heavy (non-hydrogen) atoms. The summed E-state index contributed by atoms with van der Waals surface area (Å²) < 4.78 is 58.0. The third-order valence-corrected chi connectivity index (χ3v) is 10.7. The van der Waals surface area contributed by atoms with Gasteiger partial charge in [-0.1, -0.05) is 0 Å². The van der Waals surface area contributed by atoms with E-state index in [9.17, 15) is 16.8 Å². The van der Waals surface area contributed by atoms with Gasteiger partial charge in [-0.25, -0.2) is 16.8 Å². The zero-order valence-corrected chi connectivity index (χ0v) is 16.7. The molecule has 2 aliphatic heterocycles. The molecule has 0 unspecified atom stereocenters. The minimum absolute atomic E-state index is 0.0134. The molecule has 0 radical (unpaired) electrons. The fourth-order valence-electron chi connectivity index (χ4n) is 5.66. The lowest BCUT2D eigenvalue weighted by Gasteiger charge is -2.52. The Labute approximate surface area is 151 Å². The van der Waals surface area contributed by atoms with Gasteiger partial charge in [0.1, 0.15) is 9.84 Å². The van der Waals surface area contributed by atoms with Gasteiger partial charge in [0, 0.05) is 13.1 Å². The fraction of sp³-hybridized carbons (Fsp3) is 1.00. The van der Waals surface area contributed by atoms with E-state index in [2.05, 4.69) is 0 Å². The average Bonchev–Trinajstić information content (AvgIpc) is 3.05. The van der Waals surface area contributed by atoms with E-state index in [4.69, 9.17) is 4.74 Å². The van der Waals surface area contributed by atoms with Gasteiger partial charge in [0.25, 0.3) is 0 Å². The third kappa shape index (κ3) is 3.17. The average molecular weight is 392 g/mol. The van der Waals surface area contributed by atoms with Gasteiger partial charge in [-0.15, -0.1) is 0 Å². The van der Waals surface area contributed by atoms with Crippen LogP contribution < -0.4 is 0 Å². The molecule has 2 heterocycles. The van der Waals surface area contributed by atoms with E-state index in [0.29, 0.717) is 24.9 Å². The molecule has 0 aromatic rings. The molecule has 4 aliphatic rings. The predicted molar refractivity (Wildman–Crippen MR) is 95.5 cm³/mol. The first-order valence-electron chi connectivity index (χ1n) is 9.41. The van der Waals surface area contributed by atoms with Gasteiger partial charge in [0.2, 0.25) is 10.0 Å². The maximum absolute atomic E-state index is 13.3. The summed E-state index contributed by atoms with van der Waals surface area (Å²) in [6, 6.07) is 0. The summed E-state index contributed by atoms with van der Waals surface area (Å²) in [5, 5.41) is -0.569. The largest absolute Gasteiger partial charge is 0.366 e. The third-order valence-electron chi connectivity index (χ3n) is 6.68. The topological polar surface area (TPSA) is 80.8 Å². The molecule has 2 saturated heterocycles. The van der Waals surface area contributed by atoms with Crippen LogP contribution in [0.3, 0.4) is 0 Å². The van der Waals surface area contributed by atoms with Crippen molar-refractivity contribution in [3.63, 3.8) is 0 Å². The summed E-state index contributed by atoms with van der Waals surface area (Å²) in [7, 11) is -6.56. The quantitative estimate of drug-likeness (QED) is 0.714. The molecule has 8 heteroatoms. The first kappa shape index (κ1) is 18.2. The highest BCUT2D eigenvalue weighted by molar-refractivity contribution is 7.92. The van der Waals surface area contributed by atoms with Crippen LogP contribution >= 0.6 is 0 Å². The van der Waals surface area contributed by atoms with Gasteiger partial charge in [-0.3, -0.25) is 0 Å².